The van der Waals surface area contributed by atoms with Gasteiger partial charge in [0.25, 0.3) is 0 Å². The predicted molar refractivity (Wildman–Crippen MR) is 49.9 cm³/mol. The minimum Gasteiger partial charge on any atom is -0.337 e. The van der Waals surface area contributed by atoms with Gasteiger partial charge in [-0.2, -0.15) is 0 Å². The Kier molecular flexibility index (Phi) is 3.29. The van der Waals surface area contributed by atoms with Gasteiger partial charge in [0.05, 0.1) is 12.0 Å². The number of rotatable bonds is 4. The van der Waals surface area contributed by atoms with Crippen LogP contribution in [0.3, 0.4) is 0 Å². The Bertz CT molecular complexity index is 227. The van der Waals surface area contributed by atoms with Gasteiger partial charge < -0.3 is 9.88 Å². The van der Waals surface area contributed by atoms with Gasteiger partial charge in [0.1, 0.15) is 0 Å². The highest BCUT2D eigenvalue weighted by Crippen LogP contribution is 1.95. The van der Waals surface area contributed by atoms with Crippen molar-refractivity contribution in [3.8, 4) is 0 Å². The Morgan fingerprint density at radius 2 is 2.33 bits per heavy atom. The summed E-state index contributed by atoms with van der Waals surface area (Å²) >= 11 is 0. The first kappa shape index (κ1) is 9.26. The van der Waals surface area contributed by atoms with Crippen LogP contribution >= 0.6 is 0 Å². The minimum atomic E-state index is 0.525. The standard InChI is InChI=1S/C9H17N3/c1-4-12-6-9(11-7-12)5-10-8(2)3/h6-8,10H,4-5H2,1-3H3. The van der Waals surface area contributed by atoms with Crippen LogP contribution in [0.4, 0.5) is 0 Å². The third-order valence-corrected chi connectivity index (χ3v) is 1.74. The molecule has 0 aliphatic carbocycles. The minimum absolute atomic E-state index is 0.525. The van der Waals surface area contributed by atoms with Gasteiger partial charge in [-0.1, -0.05) is 13.8 Å². The molecular formula is C9H17N3. The third-order valence-electron chi connectivity index (χ3n) is 1.74. The Balaban J connectivity index is 2.41. The monoisotopic (exact) mass is 167 g/mol. The Labute approximate surface area is 73.8 Å². The lowest BCUT2D eigenvalue weighted by atomic mass is 10.3. The zero-order valence-electron chi connectivity index (χ0n) is 8.04. The number of aromatic nitrogens is 2. The number of nitrogens with zero attached hydrogens (tertiary/aromatic N) is 2. The van der Waals surface area contributed by atoms with Crippen molar-refractivity contribution in [2.45, 2.75) is 39.9 Å². The predicted octanol–water partition coefficient (Wildman–Crippen LogP) is 1.40. The van der Waals surface area contributed by atoms with Gasteiger partial charge >= 0.3 is 0 Å². The second-order valence-electron chi connectivity index (χ2n) is 3.23. The first-order valence-electron chi connectivity index (χ1n) is 4.46. The van der Waals surface area contributed by atoms with E-state index in [1.54, 1.807) is 0 Å². The molecular weight excluding hydrogens is 150 g/mol. The normalized spacial score (nSPS) is 11.0. The smallest absolute Gasteiger partial charge is 0.0949 e. The van der Waals surface area contributed by atoms with Crippen LogP contribution in [-0.4, -0.2) is 15.6 Å². The van der Waals surface area contributed by atoms with E-state index in [-0.39, 0.29) is 0 Å². The van der Waals surface area contributed by atoms with Crippen molar-refractivity contribution in [3.05, 3.63) is 18.2 Å². The van der Waals surface area contributed by atoms with Crippen molar-refractivity contribution in [1.29, 1.82) is 0 Å². The quantitative estimate of drug-likeness (QED) is 0.734. The third kappa shape index (κ3) is 2.66. The molecule has 68 valence electrons. The maximum absolute atomic E-state index is 4.26. The van der Waals surface area contributed by atoms with E-state index in [4.69, 9.17) is 0 Å². The molecule has 0 radical (unpaired) electrons. The lowest BCUT2D eigenvalue weighted by Gasteiger charge is -2.04. The summed E-state index contributed by atoms with van der Waals surface area (Å²) < 4.78 is 2.08. The molecule has 0 unspecified atom stereocenters. The molecule has 0 aliphatic heterocycles. The van der Waals surface area contributed by atoms with Crippen LogP contribution in [0.25, 0.3) is 0 Å². The fraction of sp³-hybridized carbons (Fsp3) is 0.667. The molecule has 1 aromatic heterocycles. The van der Waals surface area contributed by atoms with E-state index in [0.717, 1.165) is 18.8 Å². The fourth-order valence-electron chi connectivity index (χ4n) is 0.979. The molecule has 0 atom stereocenters. The summed E-state index contributed by atoms with van der Waals surface area (Å²) in [5.41, 5.74) is 1.12. The summed E-state index contributed by atoms with van der Waals surface area (Å²) in [4.78, 5) is 4.26. The lowest BCUT2D eigenvalue weighted by Crippen LogP contribution is -2.21. The van der Waals surface area contributed by atoms with Crippen molar-refractivity contribution in [2.24, 2.45) is 0 Å². The molecule has 0 saturated heterocycles. The molecule has 0 amide bonds. The molecule has 0 bridgehead atoms. The van der Waals surface area contributed by atoms with Crippen molar-refractivity contribution >= 4 is 0 Å². The van der Waals surface area contributed by atoms with Gasteiger partial charge in [-0.05, 0) is 6.92 Å². The summed E-state index contributed by atoms with van der Waals surface area (Å²) in [6, 6.07) is 0.525. The molecule has 0 aliphatic rings. The second-order valence-corrected chi connectivity index (χ2v) is 3.23. The lowest BCUT2D eigenvalue weighted by molar-refractivity contribution is 0.582. The Morgan fingerprint density at radius 1 is 1.58 bits per heavy atom. The van der Waals surface area contributed by atoms with Gasteiger partial charge in [0, 0.05) is 25.3 Å². The molecule has 12 heavy (non-hydrogen) atoms. The summed E-state index contributed by atoms with van der Waals surface area (Å²) in [6.45, 7) is 8.24. The Hall–Kier alpha value is -0.830. The molecule has 1 N–H and O–H groups in total. The summed E-state index contributed by atoms with van der Waals surface area (Å²) in [7, 11) is 0. The van der Waals surface area contributed by atoms with E-state index in [9.17, 15) is 0 Å². The molecule has 3 nitrogen and oxygen atoms in total. The van der Waals surface area contributed by atoms with E-state index in [0.29, 0.717) is 6.04 Å². The Morgan fingerprint density at radius 3 is 2.83 bits per heavy atom. The highest BCUT2D eigenvalue weighted by atomic mass is 15.0. The van der Waals surface area contributed by atoms with Gasteiger partial charge in [-0.3, -0.25) is 0 Å². The van der Waals surface area contributed by atoms with Crippen LogP contribution in [0.2, 0.25) is 0 Å². The van der Waals surface area contributed by atoms with E-state index in [1.165, 1.54) is 0 Å². The van der Waals surface area contributed by atoms with E-state index < -0.39 is 0 Å². The number of nitrogens with one attached hydrogen (secondary N) is 1. The van der Waals surface area contributed by atoms with E-state index in [2.05, 4.69) is 41.8 Å². The maximum atomic E-state index is 4.26. The molecule has 0 fully saturated rings. The molecule has 3 heteroatoms. The maximum Gasteiger partial charge on any atom is 0.0949 e. The zero-order valence-corrected chi connectivity index (χ0v) is 8.04. The van der Waals surface area contributed by atoms with Crippen LogP contribution in [0.15, 0.2) is 12.5 Å². The largest absolute Gasteiger partial charge is 0.337 e. The van der Waals surface area contributed by atoms with E-state index >= 15 is 0 Å². The average molecular weight is 167 g/mol. The SMILES string of the molecule is CCn1cnc(CNC(C)C)c1. The van der Waals surface area contributed by atoms with Gasteiger partial charge in [0.2, 0.25) is 0 Å². The van der Waals surface area contributed by atoms with Gasteiger partial charge in [-0.15, -0.1) is 0 Å². The summed E-state index contributed by atoms with van der Waals surface area (Å²) in [5, 5.41) is 3.32. The van der Waals surface area contributed by atoms with Crippen LogP contribution in [0, 0.1) is 0 Å². The van der Waals surface area contributed by atoms with Crippen LogP contribution in [0.5, 0.6) is 0 Å². The number of hydrogen-bond donors (Lipinski definition) is 1. The van der Waals surface area contributed by atoms with Gasteiger partial charge in [-0.25, -0.2) is 4.98 Å². The van der Waals surface area contributed by atoms with Crippen molar-refractivity contribution in [3.63, 3.8) is 0 Å². The first-order valence-corrected chi connectivity index (χ1v) is 4.46. The summed E-state index contributed by atoms with van der Waals surface area (Å²) in [6.07, 6.45) is 3.95. The fourth-order valence-corrected chi connectivity index (χ4v) is 0.979. The summed E-state index contributed by atoms with van der Waals surface area (Å²) in [5.74, 6) is 0. The molecule has 1 rings (SSSR count). The first-order chi connectivity index (χ1) is 5.72. The molecule has 0 spiro atoms. The highest BCUT2D eigenvalue weighted by Gasteiger charge is 1.97. The molecule has 1 heterocycles. The molecule has 0 saturated carbocycles. The van der Waals surface area contributed by atoms with Crippen LogP contribution in [-0.2, 0) is 13.1 Å². The zero-order chi connectivity index (χ0) is 8.97. The van der Waals surface area contributed by atoms with Crippen molar-refractivity contribution < 1.29 is 0 Å². The van der Waals surface area contributed by atoms with Crippen LogP contribution < -0.4 is 5.32 Å². The topological polar surface area (TPSA) is 29.9 Å². The average Bonchev–Trinajstić information content (AvgIpc) is 2.48. The molecule has 1 aromatic rings. The van der Waals surface area contributed by atoms with Crippen molar-refractivity contribution in [1.82, 2.24) is 14.9 Å². The highest BCUT2D eigenvalue weighted by molar-refractivity contribution is 4.96. The van der Waals surface area contributed by atoms with Gasteiger partial charge in [0.15, 0.2) is 0 Å². The molecule has 0 aromatic carbocycles. The van der Waals surface area contributed by atoms with Crippen LogP contribution in [0.1, 0.15) is 26.5 Å². The number of aryl methyl sites for hydroxylation is 1. The van der Waals surface area contributed by atoms with Crippen molar-refractivity contribution in [2.75, 3.05) is 0 Å². The number of imidazole rings is 1. The second kappa shape index (κ2) is 4.26. The van der Waals surface area contributed by atoms with E-state index in [1.807, 2.05) is 6.33 Å². The number of hydrogen-bond acceptors (Lipinski definition) is 2.